The molecule has 0 saturated heterocycles. The Morgan fingerprint density at radius 2 is 1.58 bits per heavy atom. The molecule has 7 nitrogen and oxygen atoms in total. The topological polar surface area (TPSA) is 101 Å². The minimum absolute atomic E-state index is 0.0760. The van der Waals surface area contributed by atoms with E-state index >= 15 is 0 Å². The van der Waals surface area contributed by atoms with Crippen molar-refractivity contribution in [2.75, 3.05) is 6.54 Å². The molecule has 0 aliphatic heterocycles. The van der Waals surface area contributed by atoms with E-state index in [9.17, 15) is 19.7 Å². The molecule has 2 aromatic carbocycles. The SMILES string of the molecule is CC(C)Cc1ccc(C(NC(=O)CCNC(=O)c2ccc([N+](=O)[O-])cc2)C(C)C)cc1. The minimum Gasteiger partial charge on any atom is -0.352 e. The quantitative estimate of drug-likeness (QED) is 0.434. The normalized spacial score (nSPS) is 11.9. The first-order valence-corrected chi connectivity index (χ1v) is 10.6. The Bertz CT molecular complexity index is 890. The first-order valence-electron chi connectivity index (χ1n) is 10.6. The van der Waals surface area contributed by atoms with Crippen molar-refractivity contribution in [1.29, 1.82) is 0 Å². The number of carbonyl (C=O) groups is 2. The second kappa shape index (κ2) is 11.2. The van der Waals surface area contributed by atoms with Gasteiger partial charge in [-0.3, -0.25) is 19.7 Å². The van der Waals surface area contributed by atoms with E-state index in [1.165, 1.54) is 29.8 Å². The van der Waals surface area contributed by atoms with Crippen molar-refractivity contribution < 1.29 is 14.5 Å². The van der Waals surface area contributed by atoms with Gasteiger partial charge in [0.05, 0.1) is 11.0 Å². The van der Waals surface area contributed by atoms with Crippen LogP contribution in [0.25, 0.3) is 0 Å². The summed E-state index contributed by atoms with van der Waals surface area (Å²) in [5, 5.41) is 16.4. The van der Waals surface area contributed by atoms with Gasteiger partial charge in [-0.15, -0.1) is 0 Å². The second-order valence-corrected chi connectivity index (χ2v) is 8.44. The standard InChI is InChI=1S/C24H31N3O4/c1-16(2)15-18-5-7-19(8-6-18)23(17(3)4)26-22(28)13-14-25-24(29)20-9-11-21(12-10-20)27(30)31/h5-12,16-17,23H,13-15H2,1-4H3,(H,25,29)(H,26,28). The van der Waals surface area contributed by atoms with E-state index in [4.69, 9.17) is 0 Å². The Kier molecular flexibility index (Phi) is 8.73. The summed E-state index contributed by atoms with van der Waals surface area (Å²) in [6.07, 6.45) is 1.17. The number of hydrogen-bond acceptors (Lipinski definition) is 4. The molecule has 2 N–H and O–H groups in total. The highest BCUT2D eigenvalue weighted by Crippen LogP contribution is 2.23. The van der Waals surface area contributed by atoms with Crippen LogP contribution in [0.1, 0.15) is 61.6 Å². The number of nitrogens with one attached hydrogen (secondary N) is 2. The highest BCUT2D eigenvalue weighted by molar-refractivity contribution is 5.94. The van der Waals surface area contributed by atoms with Crippen LogP contribution in [0.4, 0.5) is 5.69 Å². The predicted octanol–water partition coefficient (Wildman–Crippen LogP) is 4.43. The summed E-state index contributed by atoms with van der Waals surface area (Å²) in [7, 11) is 0. The molecule has 166 valence electrons. The average Bonchev–Trinajstić information content (AvgIpc) is 2.72. The van der Waals surface area contributed by atoms with Crippen molar-refractivity contribution in [3.63, 3.8) is 0 Å². The summed E-state index contributed by atoms with van der Waals surface area (Å²) in [4.78, 5) is 34.8. The molecule has 0 heterocycles. The van der Waals surface area contributed by atoms with Crippen LogP contribution in [0.15, 0.2) is 48.5 Å². The van der Waals surface area contributed by atoms with Gasteiger partial charge in [0, 0.05) is 30.7 Å². The fourth-order valence-electron chi connectivity index (χ4n) is 3.34. The van der Waals surface area contributed by atoms with Gasteiger partial charge in [-0.25, -0.2) is 0 Å². The molecule has 2 amide bonds. The smallest absolute Gasteiger partial charge is 0.269 e. The van der Waals surface area contributed by atoms with Gasteiger partial charge in [-0.05, 0) is 41.5 Å². The molecule has 0 bridgehead atoms. The fraction of sp³-hybridized carbons (Fsp3) is 0.417. The monoisotopic (exact) mass is 425 g/mol. The molecule has 2 rings (SSSR count). The number of amides is 2. The van der Waals surface area contributed by atoms with E-state index in [1.807, 2.05) is 0 Å². The van der Waals surface area contributed by atoms with Crippen LogP contribution in [0.2, 0.25) is 0 Å². The molecule has 7 heteroatoms. The number of hydrogen-bond donors (Lipinski definition) is 2. The van der Waals surface area contributed by atoms with Gasteiger partial charge < -0.3 is 10.6 Å². The molecule has 0 aromatic heterocycles. The average molecular weight is 426 g/mol. The van der Waals surface area contributed by atoms with Crippen molar-refractivity contribution in [2.24, 2.45) is 11.8 Å². The van der Waals surface area contributed by atoms with E-state index < -0.39 is 4.92 Å². The number of rotatable bonds is 10. The van der Waals surface area contributed by atoms with Crippen LogP contribution in [-0.2, 0) is 11.2 Å². The summed E-state index contributed by atoms with van der Waals surface area (Å²) >= 11 is 0. The predicted molar refractivity (Wildman–Crippen MR) is 121 cm³/mol. The Labute approximate surface area is 183 Å². The van der Waals surface area contributed by atoms with Crippen LogP contribution in [0.3, 0.4) is 0 Å². The zero-order valence-corrected chi connectivity index (χ0v) is 18.6. The maximum absolute atomic E-state index is 12.4. The molecule has 2 aromatic rings. The summed E-state index contributed by atoms with van der Waals surface area (Å²) in [6.45, 7) is 8.67. The Hall–Kier alpha value is -3.22. The van der Waals surface area contributed by atoms with Crippen LogP contribution >= 0.6 is 0 Å². The zero-order valence-electron chi connectivity index (χ0n) is 18.6. The number of non-ortho nitro benzene ring substituents is 1. The Morgan fingerprint density at radius 3 is 2.10 bits per heavy atom. The molecule has 0 saturated carbocycles. The van der Waals surface area contributed by atoms with E-state index in [0.717, 1.165) is 12.0 Å². The first kappa shape index (κ1) is 24.1. The fourth-order valence-corrected chi connectivity index (χ4v) is 3.34. The van der Waals surface area contributed by atoms with E-state index in [-0.39, 0.29) is 42.4 Å². The van der Waals surface area contributed by atoms with Crippen LogP contribution in [-0.4, -0.2) is 23.3 Å². The van der Waals surface area contributed by atoms with Gasteiger partial charge >= 0.3 is 0 Å². The molecular formula is C24H31N3O4. The lowest BCUT2D eigenvalue weighted by atomic mass is 9.93. The molecule has 1 unspecified atom stereocenters. The van der Waals surface area contributed by atoms with E-state index in [0.29, 0.717) is 11.5 Å². The molecule has 1 atom stereocenters. The molecule has 0 aliphatic rings. The van der Waals surface area contributed by atoms with Gasteiger partial charge in [-0.1, -0.05) is 52.0 Å². The third-order valence-electron chi connectivity index (χ3n) is 4.94. The van der Waals surface area contributed by atoms with Gasteiger partial charge in [0.25, 0.3) is 11.6 Å². The largest absolute Gasteiger partial charge is 0.352 e. The molecule has 0 radical (unpaired) electrons. The molecule has 0 spiro atoms. The summed E-state index contributed by atoms with van der Waals surface area (Å²) in [5.41, 5.74) is 2.58. The van der Waals surface area contributed by atoms with Gasteiger partial charge in [-0.2, -0.15) is 0 Å². The Balaban J connectivity index is 1.87. The Morgan fingerprint density at radius 1 is 0.968 bits per heavy atom. The molecule has 0 fully saturated rings. The number of carbonyl (C=O) groups excluding carboxylic acids is 2. The summed E-state index contributed by atoms with van der Waals surface area (Å²) in [5.74, 6) is 0.292. The first-order chi connectivity index (χ1) is 14.7. The van der Waals surface area contributed by atoms with Crippen LogP contribution in [0.5, 0.6) is 0 Å². The van der Waals surface area contributed by atoms with E-state index in [1.54, 1.807) is 0 Å². The van der Waals surface area contributed by atoms with Crippen LogP contribution < -0.4 is 10.6 Å². The summed E-state index contributed by atoms with van der Waals surface area (Å²) < 4.78 is 0. The zero-order chi connectivity index (χ0) is 23.0. The number of nitro benzene ring substituents is 1. The molecule has 0 aliphatic carbocycles. The lowest BCUT2D eigenvalue weighted by molar-refractivity contribution is -0.384. The summed E-state index contributed by atoms with van der Waals surface area (Å²) in [6, 6.07) is 13.6. The van der Waals surface area contributed by atoms with Gasteiger partial charge in [0.15, 0.2) is 0 Å². The second-order valence-electron chi connectivity index (χ2n) is 8.44. The lowest BCUT2D eigenvalue weighted by Crippen LogP contribution is -2.34. The van der Waals surface area contributed by atoms with Crippen molar-refractivity contribution in [3.8, 4) is 0 Å². The maximum Gasteiger partial charge on any atom is 0.269 e. The third kappa shape index (κ3) is 7.51. The van der Waals surface area contributed by atoms with E-state index in [2.05, 4.69) is 62.6 Å². The number of benzene rings is 2. The van der Waals surface area contributed by atoms with Crippen LogP contribution in [0, 0.1) is 22.0 Å². The third-order valence-corrected chi connectivity index (χ3v) is 4.94. The van der Waals surface area contributed by atoms with Gasteiger partial charge in [0.1, 0.15) is 0 Å². The number of nitrogens with zero attached hydrogens (tertiary/aromatic N) is 1. The van der Waals surface area contributed by atoms with Crippen molar-refractivity contribution in [2.45, 2.75) is 46.6 Å². The van der Waals surface area contributed by atoms with Crippen molar-refractivity contribution in [1.82, 2.24) is 10.6 Å². The van der Waals surface area contributed by atoms with Crippen molar-refractivity contribution >= 4 is 17.5 Å². The lowest BCUT2D eigenvalue weighted by Gasteiger charge is -2.23. The van der Waals surface area contributed by atoms with Gasteiger partial charge in [0.2, 0.25) is 5.91 Å². The number of nitro groups is 1. The molecular weight excluding hydrogens is 394 g/mol. The maximum atomic E-state index is 12.4. The minimum atomic E-state index is -0.519. The highest BCUT2D eigenvalue weighted by Gasteiger charge is 2.18. The van der Waals surface area contributed by atoms with Crippen molar-refractivity contribution in [3.05, 3.63) is 75.3 Å². The molecule has 31 heavy (non-hydrogen) atoms. The highest BCUT2D eigenvalue weighted by atomic mass is 16.6.